The molecule has 1 amide bonds. The first-order valence-corrected chi connectivity index (χ1v) is 9.82. The van der Waals surface area contributed by atoms with Crippen molar-refractivity contribution >= 4 is 23.2 Å². The molecule has 0 bridgehead atoms. The maximum absolute atomic E-state index is 13.1. The summed E-state index contributed by atoms with van der Waals surface area (Å²) in [4.78, 5) is 27.0. The first kappa shape index (κ1) is 19.5. The molecular weight excluding hydrogens is 367 g/mol. The Balaban J connectivity index is 1.59. The molecule has 1 aliphatic rings. The monoisotopic (exact) mass is 390 g/mol. The molecule has 0 unspecified atom stereocenters. The number of nitrogens with zero attached hydrogens (tertiary/aromatic N) is 1. The quantitative estimate of drug-likeness (QED) is 0.759. The van der Waals surface area contributed by atoms with Crippen molar-refractivity contribution in [2.75, 3.05) is 13.1 Å². The van der Waals surface area contributed by atoms with E-state index in [4.69, 9.17) is 5.11 Å². The first-order valence-electron chi connectivity index (χ1n) is 9.00. The Hall–Kier alpha value is -2.25. The van der Waals surface area contributed by atoms with E-state index in [9.17, 15) is 14.0 Å². The minimum atomic E-state index is -0.827. The molecule has 0 spiro atoms. The molecule has 5 nitrogen and oxygen atoms in total. The average Bonchev–Trinajstić information content (AvgIpc) is 2.98. The van der Waals surface area contributed by atoms with Crippen molar-refractivity contribution in [3.63, 3.8) is 0 Å². The van der Waals surface area contributed by atoms with Crippen LogP contribution >= 0.6 is 11.3 Å². The Morgan fingerprint density at radius 1 is 1.30 bits per heavy atom. The fourth-order valence-corrected chi connectivity index (χ4v) is 4.50. The number of carboxylic acids is 1. The van der Waals surface area contributed by atoms with Gasteiger partial charge in [0.05, 0.1) is 11.4 Å². The second-order valence-corrected chi connectivity index (χ2v) is 7.93. The van der Waals surface area contributed by atoms with Gasteiger partial charge < -0.3 is 10.4 Å². The lowest BCUT2D eigenvalue weighted by atomic mass is 9.85. The number of benzene rings is 1. The number of aryl methyl sites for hydroxylation is 1. The van der Waals surface area contributed by atoms with Crippen molar-refractivity contribution in [3.05, 3.63) is 46.6 Å². The number of carboxylic acid groups (broad SMARTS) is 1. The van der Waals surface area contributed by atoms with Crippen molar-refractivity contribution in [3.8, 4) is 10.4 Å². The molecule has 1 saturated carbocycles. The maximum Gasteiger partial charge on any atom is 0.317 e. The Kier molecular flexibility index (Phi) is 5.92. The summed E-state index contributed by atoms with van der Waals surface area (Å²) >= 11 is 1.40. The molecular formula is C20H23FN2O3S. The Bertz CT molecular complexity index is 828. The highest BCUT2D eigenvalue weighted by Crippen LogP contribution is 2.33. The second kappa shape index (κ2) is 8.19. The van der Waals surface area contributed by atoms with Gasteiger partial charge in [0.1, 0.15) is 5.82 Å². The minimum Gasteiger partial charge on any atom is -0.480 e. The number of hydrogen-bond donors (Lipinski definition) is 2. The van der Waals surface area contributed by atoms with Gasteiger partial charge in [-0.1, -0.05) is 19.1 Å². The van der Waals surface area contributed by atoms with Crippen LogP contribution in [-0.4, -0.2) is 47.1 Å². The third-order valence-electron chi connectivity index (χ3n) is 4.96. The molecule has 0 atom stereocenters. The van der Waals surface area contributed by atoms with Gasteiger partial charge in [0.15, 0.2) is 0 Å². The minimum absolute atomic E-state index is 0.0347. The summed E-state index contributed by atoms with van der Waals surface area (Å²) in [5.74, 6) is -1.22. The molecule has 2 aromatic rings. The number of rotatable bonds is 7. The van der Waals surface area contributed by atoms with Gasteiger partial charge in [0, 0.05) is 17.0 Å². The molecule has 0 radical (unpaired) electrons. The maximum atomic E-state index is 13.1. The van der Waals surface area contributed by atoms with Crippen molar-refractivity contribution in [2.24, 2.45) is 0 Å². The standard InChI is InChI=1S/C20H23FN2O3S/c1-3-23(11-18(24)25)16-9-15(10-16)22-20(26)17-8-12(2)19(27-17)13-4-6-14(21)7-5-13/h4-8,15-16H,3,9-11H2,1-2H3,(H,22,26)(H,24,25). The normalized spacial score (nSPS) is 19.0. The summed E-state index contributed by atoms with van der Waals surface area (Å²) in [6, 6.07) is 8.40. The van der Waals surface area contributed by atoms with Gasteiger partial charge in [-0.25, -0.2) is 4.39 Å². The number of thiophene rings is 1. The zero-order valence-electron chi connectivity index (χ0n) is 15.4. The van der Waals surface area contributed by atoms with Crippen molar-refractivity contribution < 1.29 is 19.1 Å². The number of carbonyl (C=O) groups excluding carboxylic acids is 1. The number of nitrogens with one attached hydrogen (secondary N) is 1. The Morgan fingerprint density at radius 2 is 1.96 bits per heavy atom. The van der Waals surface area contributed by atoms with Crippen LogP contribution in [0, 0.1) is 12.7 Å². The average molecular weight is 390 g/mol. The molecule has 144 valence electrons. The molecule has 0 saturated heterocycles. The second-order valence-electron chi connectivity index (χ2n) is 6.88. The van der Waals surface area contributed by atoms with E-state index in [-0.39, 0.29) is 30.4 Å². The molecule has 2 N–H and O–H groups in total. The van der Waals surface area contributed by atoms with Crippen LogP contribution in [0.15, 0.2) is 30.3 Å². The largest absolute Gasteiger partial charge is 0.480 e. The zero-order chi connectivity index (χ0) is 19.6. The van der Waals surface area contributed by atoms with E-state index in [2.05, 4.69) is 5.32 Å². The van der Waals surface area contributed by atoms with Gasteiger partial charge >= 0.3 is 5.97 Å². The number of hydrogen-bond acceptors (Lipinski definition) is 4. The van der Waals surface area contributed by atoms with Crippen LogP contribution in [-0.2, 0) is 4.79 Å². The number of amides is 1. The molecule has 3 rings (SSSR count). The Labute approximate surface area is 161 Å². The van der Waals surface area contributed by atoms with Crippen LogP contribution in [0.1, 0.15) is 35.0 Å². The first-order chi connectivity index (χ1) is 12.9. The fraction of sp³-hybridized carbons (Fsp3) is 0.400. The highest BCUT2D eigenvalue weighted by Gasteiger charge is 2.35. The summed E-state index contributed by atoms with van der Waals surface area (Å²) in [5, 5.41) is 12.0. The molecule has 0 aliphatic heterocycles. The highest BCUT2D eigenvalue weighted by atomic mass is 32.1. The van der Waals surface area contributed by atoms with E-state index < -0.39 is 5.97 Å². The molecule has 1 fully saturated rings. The fourth-order valence-electron chi connectivity index (χ4n) is 3.42. The summed E-state index contributed by atoms with van der Waals surface area (Å²) in [7, 11) is 0. The third-order valence-corrected chi connectivity index (χ3v) is 6.24. The lowest BCUT2D eigenvalue weighted by Gasteiger charge is -2.42. The summed E-state index contributed by atoms with van der Waals surface area (Å²) in [6.07, 6.45) is 1.53. The lowest BCUT2D eigenvalue weighted by molar-refractivity contribution is -0.139. The van der Waals surface area contributed by atoms with Gasteiger partial charge in [0.2, 0.25) is 0 Å². The van der Waals surface area contributed by atoms with Crippen LogP contribution < -0.4 is 5.32 Å². The van der Waals surface area contributed by atoms with Crippen molar-refractivity contribution in [1.29, 1.82) is 0 Å². The van der Waals surface area contributed by atoms with Gasteiger partial charge in [-0.3, -0.25) is 14.5 Å². The summed E-state index contributed by atoms with van der Waals surface area (Å²) < 4.78 is 13.1. The summed E-state index contributed by atoms with van der Waals surface area (Å²) in [6.45, 7) is 4.60. The van der Waals surface area contributed by atoms with Crippen LogP contribution in [0.2, 0.25) is 0 Å². The van der Waals surface area contributed by atoms with E-state index in [1.165, 1.54) is 23.5 Å². The van der Waals surface area contributed by atoms with E-state index in [0.29, 0.717) is 11.4 Å². The van der Waals surface area contributed by atoms with Crippen molar-refractivity contribution in [1.82, 2.24) is 10.2 Å². The van der Waals surface area contributed by atoms with Gasteiger partial charge in [-0.2, -0.15) is 0 Å². The zero-order valence-corrected chi connectivity index (χ0v) is 16.2. The molecule has 1 aromatic heterocycles. The predicted octanol–water partition coefficient (Wildman–Crippen LogP) is 3.53. The van der Waals surface area contributed by atoms with Gasteiger partial charge in [0.25, 0.3) is 5.91 Å². The van der Waals surface area contributed by atoms with E-state index in [1.54, 1.807) is 12.1 Å². The number of aliphatic carboxylic acids is 1. The lowest BCUT2D eigenvalue weighted by Crippen LogP contribution is -2.54. The molecule has 1 heterocycles. The highest BCUT2D eigenvalue weighted by molar-refractivity contribution is 7.17. The van der Waals surface area contributed by atoms with Gasteiger partial charge in [-0.15, -0.1) is 11.3 Å². The molecule has 1 aromatic carbocycles. The van der Waals surface area contributed by atoms with E-state index in [0.717, 1.165) is 28.8 Å². The smallest absolute Gasteiger partial charge is 0.317 e. The summed E-state index contributed by atoms with van der Waals surface area (Å²) in [5.41, 5.74) is 1.88. The number of likely N-dealkylation sites (N-methyl/N-ethyl adjacent to an activating group) is 1. The van der Waals surface area contributed by atoms with E-state index in [1.807, 2.05) is 24.8 Å². The van der Waals surface area contributed by atoms with E-state index >= 15 is 0 Å². The molecule has 7 heteroatoms. The SMILES string of the molecule is CCN(CC(=O)O)C1CC(NC(=O)c2cc(C)c(-c3ccc(F)cc3)s2)C1. The van der Waals surface area contributed by atoms with Crippen LogP contribution in [0.5, 0.6) is 0 Å². The number of carbonyl (C=O) groups is 2. The van der Waals surface area contributed by atoms with Gasteiger partial charge in [-0.05, 0) is 55.6 Å². The number of halogens is 1. The van der Waals surface area contributed by atoms with Crippen molar-refractivity contribution in [2.45, 2.75) is 38.8 Å². The predicted molar refractivity (Wildman–Crippen MR) is 104 cm³/mol. The van der Waals surface area contributed by atoms with Crippen LogP contribution in [0.3, 0.4) is 0 Å². The third kappa shape index (κ3) is 4.54. The molecule has 27 heavy (non-hydrogen) atoms. The topological polar surface area (TPSA) is 69.6 Å². The van der Waals surface area contributed by atoms with Crippen LogP contribution in [0.25, 0.3) is 10.4 Å². The van der Waals surface area contributed by atoms with Crippen LogP contribution in [0.4, 0.5) is 4.39 Å². The molecule has 1 aliphatic carbocycles. The Morgan fingerprint density at radius 3 is 2.56 bits per heavy atom.